The highest BCUT2D eigenvalue weighted by Gasteiger charge is 2.45. The van der Waals surface area contributed by atoms with Crippen LogP contribution in [0.2, 0.25) is 0 Å². The zero-order valence-corrected chi connectivity index (χ0v) is 13.5. The summed E-state index contributed by atoms with van der Waals surface area (Å²) in [7, 11) is 1.84. The monoisotopic (exact) mass is 311 g/mol. The van der Waals surface area contributed by atoms with Gasteiger partial charge in [0.25, 0.3) is 5.91 Å². The van der Waals surface area contributed by atoms with Gasteiger partial charge in [-0.2, -0.15) is 5.10 Å². The van der Waals surface area contributed by atoms with Gasteiger partial charge in [0.1, 0.15) is 5.82 Å². The third-order valence-electron chi connectivity index (χ3n) is 4.96. The molecule has 2 saturated heterocycles. The Labute approximate surface area is 135 Å². The standard InChI is InChI=1S/C17H21N5O/c1-12-4-3-5-16(19-12)21-8-6-15-14(21)7-9-22(15)17(23)13-10-18-20(2)11-13/h3-5,10-11,14-15H,6-9H2,1-2H3/t14-,15+/m1/s1. The quantitative estimate of drug-likeness (QED) is 0.846. The molecule has 2 fully saturated rings. The first-order valence-corrected chi connectivity index (χ1v) is 8.13. The van der Waals surface area contributed by atoms with E-state index in [2.05, 4.69) is 27.1 Å². The van der Waals surface area contributed by atoms with Crippen LogP contribution in [0.25, 0.3) is 0 Å². The largest absolute Gasteiger partial charge is 0.351 e. The maximum atomic E-state index is 12.7. The predicted octanol–water partition coefficient (Wildman–Crippen LogP) is 1.62. The molecule has 0 aliphatic carbocycles. The van der Waals surface area contributed by atoms with Crippen LogP contribution in [-0.2, 0) is 7.05 Å². The van der Waals surface area contributed by atoms with Crippen molar-refractivity contribution in [1.82, 2.24) is 19.7 Å². The van der Waals surface area contributed by atoms with Crippen molar-refractivity contribution in [3.05, 3.63) is 41.9 Å². The fourth-order valence-corrected chi connectivity index (χ4v) is 3.91. The zero-order chi connectivity index (χ0) is 16.0. The van der Waals surface area contributed by atoms with Gasteiger partial charge in [0.05, 0.1) is 23.8 Å². The van der Waals surface area contributed by atoms with Crippen LogP contribution in [0.15, 0.2) is 30.6 Å². The molecule has 4 heterocycles. The molecular formula is C17H21N5O. The van der Waals surface area contributed by atoms with Gasteiger partial charge in [-0.05, 0) is 31.9 Å². The third kappa shape index (κ3) is 2.38. The summed E-state index contributed by atoms with van der Waals surface area (Å²) in [5.41, 5.74) is 1.72. The van der Waals surface area contributed by atoms with Gasteiger partial charge in [-0.15, -0.1) is 0 Å². The molecule has 6 heteroatoms. The Morgan fingerprint density at radius 2 is 2.04 bits per heavy atom. The van der Waals surface area contributed by atoms with E-state index in [0.29, 0.717) is 11.6 Å². The van der Waals surface area contributed by atoms with Crippen LogP contribution < -0.4 is 4.90 Å². The minimum atomic E-state index is 0.102. The predicted molar refractivity (Wildman–Crippen MR) is 87.4 cm³/mol. The second-order valence-corrected chi connectivity index (χ2v) is 6.44. The number of likely N-dealkylation sites (tertiary alicyclic amines) is 1. The van der Waals surface area contributed by atoms with E-state index in [9.17, 15) is 4.79 Å². The van der Waals surface area contributed by atoms with Gasteiger partial charge in [-0.25, -0.2) is 4.98 Å². The number of aromatic nitrogens is 3. The van der Waals surface area contributed by atoms with Crippen LogP contribution in [-0.4, -0.2) is 50.7 Å². The second kappa shape index (κ2) is 5.37. The van der Waals surface area contributed by atoms with Crippen molar-refractivity contribution < 1.29 is 4.79 Å². The van der Waals surface area contributed by atoms with Gasteiger partial charge >= 0.3 is 0 Å². The van der Waals surface area contributed by atoms with Crippen molar-refractivity contribution in [2.24, 2.45) is 7.05 Å². The van der Waals surface area contributed by atoms with E-state index < -0.39 is 0 Å². The Bertz CT molecular complexity index is 740. The van der Waals surface area contributed by atoms with Crippen LogP contribution in [0.4, 0.5) is 5.82 Å². The molecule has 1 amide bonds. The van der Waals surface area contributed by atoms with Crippen molar-refractivity contribution in [2.45, 2.75) is 31.8 Å². The number of nitrogens with zero attached hydrogens (tertiary/aromatic N) is 5. The number of aryl methyl sites for hydroxylation is 2. The van der Waals surface area contributed by atoms with Gasteiger partial charge in [-0.3, -0.25) is 9.48 Å². The minimum Gasteiger partial charge on any atom is -0.351 e. The van der Waals surface area contributed by atoms with E-state index in [1.54, 1.807) is 17.1 Å². The smallest absolute Gasteiger partial charge is 0.257 e. The van der Waals surface area contributed by atoms with Crippen LogP contribution in [0.1, 0.15) is 28.9 Å². The highest BCUT2D eigenvalue weighted by atomic mass is 16.2. The Morgan fingerprint density at radius 3 is 2.78 bits per heavy atom. The van der Waals surface area contributed by atoms with Crippen molar-refractivity contribution in [1.29, 1.82) is 0 Å². The Morgan fingerprint density at radius 1 is 1.22 bits per heavy atom. The Balaban J connectivity index is 1.55. The summed E-state index contributed by atoms with van der Waals surface area (Å²) >= 11 is 0. The Kier molecular flexibility index (Phi) is 3.32. The van der Waals surface area contributed by atoms with Crippen molar-refractivity contribution >= 4 is 11.7 Å². The molecule has 0 spiro atoms. The Hall–Kier alpha value is -2.37. The van der Waals surface area contributed by atoms with E-state index in [1.165, 1.54) is 0 Å². The molecule has 0 unspecified atom stereocenters. The van der Waals surface area contributed by atoms with Gasteiger partial charge < -0.3 is 9.80 Å². The van der Waals surface area contributed by atoms with Crippen LogP contribution in [0.5, 0.6) is 0 Å². The molecule has 0 radical (unpaired) electrons. The molecule has 2 aromatic rings. The number of anilines is 1. The van der Waals surface area contributed by atoms with Gasteiger partial charge in [0.15, 0.2) is 0 Å². The van der Waals surface area contributed by atoms with Gasteiger partial charge in [0.2, 0.25) is 0 Å². The van der Waals surface area contributed by atoms with Crippen molar-refractivity contribution in [3.8, 4) is 0 Å². The molecule has 2 aromatic heterocycles. The number of carbonyl (C=O) groups excluding carboxylic acids is 1. The van der Waals surface area contributed by atoms with Crippen LogP contribution in [0, 0.1) is 6.92 Å². The summed E-state index contributed by atoms with van der Waals surface area (Å²) in [6.45, 7) is 3.79. The van der Waals surface area contributed by atoms with E-state index in [4.69, 9.17) is 0 Å². The highest BCUT2D eigenvalue weighted by molar-refractivity contribution is 5.94. The van der Waals surface area contributed by atoms with E-state index in [-0.39, 0.29) is 11.9 Å². The van der Waals surface area contributed by atoms with Crippen LogP contribution in [0.3, 0.4) is 0 Å². The van der Waals surface area contributed by atoms with Crippen LogP contribution >= 0.6 is 0 Å². The topological polar surface area (TPSA) is 54.3 Å². The molecule has 2 atom stereocenters. The average molecular weight is 311 g/mol. The SMILES string of the molecule is Cc1cccc(N2CC[C@H]3[C@H]2CCN3C(=O)c2cnn(C)c2)n1. The summed E-state index contributed by atoms with van der Waals surface area (Å²) < 4.78 is 1.68. The normalized spacial score (nSPS) is 23.4. The number of rotatable bonds is 2. The maximum absolute atomic E-state index is 12.7. The third-order valence-corrected chi connectivity index (χ3v) is 4.96. The molecule has 0 bridgehead atoms. The molecular weight excluding hydrogens is 290 g/mol. The van der Waals surface area contributed by atoms with Crippen molar-refractivity contribution in [3.63, 3.8) is 0 Å². The number of hydrogen-bond acceptors (Lipinski definition) is 4. The van der Waals surface area contributed by atoms with Crippen molar-refractivity contribution in [2.75, 3.05) is 18.0 Å². The number of pyridine rings is 1. The molecule has 0 aromatic carbocycles. The summed E-state index contributed by atoms with van der Waals surface area (Å²) in [5, 5.41) is 4.12. The number of fused-ring (bicyclic) bond motifs is 1. The fraction of sp³-hybridized carbons (Fsp3) is 0.471. The lowest BCUT2D eigenvalue weighted by molar-refractivity contribution is 0.0737. The molecule has 6 nitrogen and oxygen atoms in total. The lowest BCUT2D eigenvalue weighted by Gasteiger charge is -2.26. The molecule has 120 valence electrons. The zero-order valence-electron chi connectivity index (χ0n) is 13.5. The number of amides is 1. The second-order valence-electron chi connectivity index (χ2n) is 6.44. The summed E-state index contributed by atoms with van der Waals surface area (Å²) in [6, 6.07) is 6.80. The summed E-state index contributed by atoms with van der Waals surface area (Å²) in [4.78, 5) is 21.8. The first-order chi connectivity index (χ1) is 11.1. The first kappa shape index (κ1) is 14.2. The van der Waals surface area contributed by atoms with E-state index in [0.717, 1.165) is 37.4 Å². The molecule has 4 rings (SSSR count). The lowest BCUT2D eigenvalue weighted by Crippen LogP contribution is -2.39. The fourth-order valence-electron chi connectivity index (χ4n) is 3.91. The van der Waals surface area contributed by atoms with E-state index >= 15 is 0 Å². The highest BCUT2D eigenvalue weighted by Crippen LogP contribution is 2.35. The first-order valence-electron chi connectivity index (χ1n) is 8.13. The molecule has 2 aliphatic heterocycles. The molecule has 0 N–H and O–H groups in total. The molecule has 23 heavy (non-hydrogen) atoms. The summed E-state index contributed by atoms with van der Waals surface area (Å²) in [6.07, 6.45) is 5.47. The maximum Gasteiger partial charge on any atom is 0.257 e. The number of carbonyl (C=O) groups is 1. The summed E-state index contributed by atoms with van der Waals surface area (Å²) in [5.74, 6) is 1.14. The van der Waals surface area contributed by atoms with Gasteiger partial charge in [0, 0.05) is 32.0 Å². The lowest BCUT2D eigenvalue weighted by atomic mass is 10.1. The van der Waals surface area contributed by atoms with Gasteiger partial charge in [-0.1, -0.05) is 6.07 Å². The average Bonchev–Trinajstić information content (AvgIpc) is 3.22. The molecule has 0 saturated carbocycles. The molecule has 2 aliphatic rings. The minimum absolute atomic E-state index is 0.102. The van der Waals surface area contributed by atoms with E-state index in [1.807, 2.05) is 24.9 Å². The number of hydrogen-bond donors (Lipinski definition) is 0.